The van der Waals surface area contributed by atoms with Crippen molar-refractivity contribution in [3.8, 4) is 17.3 Å². The summed E-state index contributed by atoms with van der Waals surface area (Å²) in [5, 5.41) is 13.3. The Morgan fingerprint density at radius 1 is 1.09 bits per heavy atom. The molecule has 3 rings (SSSR count). The first-order valence-corrected chi connectivity index (χ1v) is 8.39. The summed E-state index contributed by atoms with van der Waals surface area (Å²) in [7, 11) is 0. The van der Waals surface area contributed by atoms with E-state index in [2.05, 4.69) is 11.1 Å². The number of allylic oxidation sites excluding steroid dienone is 1. The standard InChI is InChI=1S/C18H10Cl2N2S/c19-15-7-5-12(6-8-15)17-11-23-18(22-17)14(10-21)9-13-3-1-2-4-16(13)20/h1-9,11H/b14-9-. The largest absolute Gasteiger partial charge is 0.235 e. The molecule has 0 N–H and O–H groups in total. The molecule has 0 spiro atoms. The van der Waals surface area contributed by atoms with E-state index in [-0.39, 0.29) is 0 Å². The lowest BCUT2D eigenvalue weighted by molar-refractivity contribution is 1.37. The zero-order valence-electron chi connectivity index (χ0n) is 11.8. The van der Waals surface area contributed by atoms with Gasteiger partial charge in [-0.1, -0.05) is 53.5 Å². The third-order valence-electron chi connectivity index (χ3n) is 3.20. The van der Waals surface area contributed by atoms with Crippen molar-refractivity contribution in [1.82, 2.24) is 4.98 Å². The molecule has 0 saturated carbocycles. The Morgan fingerprint density at radius 3 is 2.52 bits per heavy atom. The Balaban J connectivity index is 1.96. The van der Waals surface area contributed by atoms with Crippen LogP contribution in [-0.4, -0.2) is 4.98 Å². The molecular formula is C18H10Cl2N2S. The molecule has 2 aromatic carbocycles. The Labute approximate surface area is 148 Å². The van der Waals surface area contributed by atoms with Gasteiger partial charge in [0.25, 0.3) is 0 Å². The molecule has 2 nitrogen and oxygen atoms in total. The SMILES string of the molecule is N#C/C(=C/c1ccccc1Cl)c1nc(-c2ccc(Cl)cc2)cs1. The normalized spacial score (nSPS) is 11.3. The second-order valence-corrected chi connectivity index (χ2v) is 6.44. The van der Waals surface area contributed by atoms with Gasteiger partial charge >= 0.3 is 0 Å². The quantitative estimate of drug-likeness (QED) is 0.525. The maximum atomic E-state index is 9.44. The van der Waals surface area contributed by atoms with Crippen molar-refractivity contribution in [2.24, 2.45) is 0 Å². The van der Waals surface area contributed by atoms with E-state index in [1.54, 1.807) is 12.1 Å². The molecule has 0 radical (unpaired) electrons. The zero-order valence-corrected chi connectivity index (χ0v) is 14.2. The van der Waals surface area contributed by atoms with Gasteiger partial charge < -0.3 is 0 Å². The summed E-state index contributed by atoms with van der Waals surface area (Å²) in [5.41, 5.74) is 3.08. The van der Waals surface area contributed by atoms with Crippen LogP contribution in [0.25, 0.3) is 22.9 Å². The Bertz CT molecular complexity index is 905. The van der Waals surface area contributed by atoms with Crippen molar-refractivity contribution in [3.63, 3.8) is 0 Å². The van der Waals surface area contributed by atoms with Crippen LogP contribution in [0.15, 0.2) is 53.9 Å². The van der Waals surface area contributed by atoms with Crippen molar-refractivity contribution in [2.75, 3.05) is 0 Å². The minimum Gasteiger partial charge on any atom is -0.235 e. The lowest BCUT2D eigenvalue weighted by Gasteiger charge is -1.99. The topological polar surface area (TPSA) is 36.7 Å². The minimum absolute atomic E-state index is 0.489. The van der Waals surface area contributed by atoms with Crippen LogP contribution in [0.4, 0.5) is 0 Å². The van der Waals surface area contributed by atoms with E-state index in [4.69, 9.17) is 23.2 Å². The third-order valence-corrected chi connectivity index (χ3v) is 4.67. The first kappa shape index (κ1) is 15.8. The van der Waals surface area contributed by atoms with Crippen molar-refractivity contribution in [2.45, 2.75) is 0 Å². The molecule has 1 aromatic heterocycles. The van der Waals surface area contributed by atoms with Crippen LogP contribution in [0, 0.1) is 11.3 Å². The number of rotatable bonds is 3. The molecule has 0 saturated heterocycles. The summed E-state index contributed by atoms with van der Waals surface area (Å²) in [5.74, 6) is 0. The molecule has 0 atom stereocenters. The average Bonchev–Trinajstić information content (AvgIpc) is 3.04. The summed E-state index contributed by atoms with van der Waals surface area (Å²) in [6.07, 6.45) is 1.76. The third kappa shape index (κ3) is 3.62. The smallest absolute Gasteiger partial charge is 0.134 e. The van der Waals surface area contributed by atoms with E-state index in [1.165, 1.54) is 11.3 Å². The second kappa shape index (κ2) is 6.97. The van der Waals surface area contributed by atoms with Gasteiger partial charge in [0.1, 0.15) is 11.1 Å². The van der Waals surface area contributed by atoms with E-state index < -0.39 is 0 Å². The summed E-state index contributed by atoms with van der Waals surface area (Å²) < 4.78 is 0. The maximum absolute atomic E-state index is 9.44. The van der Waals surface area contributed by atoms with Gasteiger partial charge in [0.05, 0.1) is 11.3 Å². The molecule has 112 valence electrons. The number of benzene rings is 2. The zero-order chi connectivity index (χ0) is 16.2. The highest BCUT2D eigenvalue weighted by Gasteiger charge is 2.10. The van der Waals surface area contributed by atoms with Crippen molar-refractivity contribution in [1.29, 1.82) is 5.26 Å². The number of thiazole rings is 1. The average molecular weight is 357 g/mol. The fraction of sp³-hybridized carbons (Fsp3) is 0. The number of hydrogen-bond donors (Lipinski definition) is 0. The molecule has 5 heteroatoms. The number of hydrogen-bond acceptors (Lipinski definition) is 3. The lowest BCUT2D eigenvalue weighted by atomic mass is 10.1. The predicted octanol–water partition coefficient (Wildman–Crippen LogP) is 6.18. The molecule has 0 aliphatic heterocycles. The molecular weight excluding hydrogens is 347 g/mol. The highest BCUT2D eigenvalue weighted by Crippen LogP contribution is 2.29. The van der Waals surface area contributed by atoms with Crippen LogP contribution >= 0.6 is 34.5 Å². The number of halogens is 2. The Morgan fingerprint density at radius 2 is 1.83 bits per heavy atom. The molecule has 1 heterocycles. The van der Waals surface area contributed by atoms with Crippen LogP contribution in [-0.2, 0) is 0 Å². The Kier molecular flexibility index (Phi) is 4.78. The summed E-state index contributed by atoms with van der Waals surface area (Å²) in [6.45, 7) is 0. The van der Waals surface area contributed by atoms with Gasteiger partial charge in [-0.3, -0.25) is 0 Å². The van der Waals surface area contributed by atoms with Gasteiger partial charge in [-0.2, -0.15) is 5.26 Å². The van der Waals surface area contributed by atoms with Gasteiger partial charge in [-0.15, -0.1) is 11.3 Å². The van der Waals surface area contributed by atoms with Gasteiger partial charge in [0, 0.05) is 21.0 Å². The van der Waals surface area contributed by atoms with E-state index in [0.29, 0.717) is 20.6 Å². The minimum atomic E-state index is 0.489. The van der Waals surface area contributed by atoms with Crippen LogP contribution in [0.2, 0.25) is 10.0 Å². The predicted molar refractivity (Wildman–Crippen MR) is 97.5 cm³/mol. The van der Waals surface area contributed by atoms with Crippen molar-refractivity contribution in [3.05, 3.63) is 74.5 Å². The summed E-state index contributed by atoms with van der Waals surface area (Å²) in [6, 6.07) is 17.1. The second-order valence-electron chi connectivity index (χ2n) is 4.74. The molecule has 0 amide bonds. The van der Waals surface area contributed by atoms with Crippen LogP contribution in [0.1, 0.15) is 10.6 Å². The molecule has 0 unspecified atom stereocenters. The lowest BCUT2D eigenvalue weighted by Crippen LogP contribution is -1.83. The van der Waals surface area contributed by atoms with Crippen molar-refractivity contribution >= 4 is 46.2 Å². The molecule has 23 heavy (non-hydrogen) atoms. The van der Waals surface area contributed by atoms with E-state index in [0.717, 1.165) is 16.8 Å². The fourth-order valence-electron chi connectivity index (χ4n) is 2.04. The Hall–Kier alpha value is -2.12. The molecule has 0 bridgehead atoms. The van der Waals surface area contributed by atoms with Crippen molar-refractivity contribution < 1.29 is 0 Å². The molecule has 0 aliphatic rings. The van der Waals surface area contributed by atoms with Gasteiger partial charge in [-0.25, -0.2) is 4.98 Å². The van der Waals surface area contributed by atoms with Crippen LogP contribution in [0.5, 0.6) is 0 Å². The summed E-state index contributed by atoms with van der Waals surface area (Å²) >= 11 is 13.5. The highest BCUT2D eigenvalue weighted by atomic mass is 35.5. The van der Waals surface area contributed by atoms with E-state index >= 15 is 0 Å². The van der Waals surface area contributed by atoms with Gasteiger partial charge in [0.2, 0.25) is 0 Å². The molecule has 3 aromatic rings. The monoisotopic (exact) mass is 356 g/mol. The summed E-state index contributed by atoms with van der Waals surface area (Å²) in [4.78, 5) is 4.55. The van der Waals surface area contributed by atoms with Crippen LogP contribution < -0.4 is 0 Å². The number of nitrogens with zero attached hydrogens (tertiary/aromatic N) is 2. The number of nitriles is 1. The van der Waals surface area contributed by atoms with E-state index in [1.807, 2.05) is 47.8 Å². The highest BCUT2D eigenvalue weighted by molar-refractivity contribution is 7.11. The first-order chi connectivity index (χ1) is 11.2. The number of aromatic nitrogens is 1. The maximum Gasteiger partial charge on any atom is 0.134 e. The molecule has 0 aliphatic carbocycles. The van der Waals surface area contributed by atoms with Gasteiger partial charge in [-0.05, 0) is 29.8 Å². The van der Waals surface area contributed by atoms with Crippen LogP contribution in [0.3, 0.4) is 0 Å². The fourth-order valence-corrected chi connectivity index (χ4v) is 3.15. The van der Waals surface area contributed by atoms with Gasteiger partial charge in [0.15, 0.2) is 0 Å². The molecule has 0 fully saturated rings. The van der Waals surface area contributed by atoms with E-state index in [9.17, 15) is 5.26 Å². The first-order valence-electron chi connectivity index (χ1n) is 6.75.